The van der Waals surface area contributed by atoms with Crippen molar-refractivity contribution in [1.29, 1.82) is 0 Å². The van der Waals surface area contributed by atoms with Gasteiger partial charge in [0.05, 0.1) is 5.92 Å². The van der Waals surface area contributed by atoms with Crippen molar-refractivity contribution < 1.29 is 23.1 Å². The highest BCUT2D eigenvalue weighted by Crippen LogP contribution is 2.19. The number of halogens is 1. The van der Waals surface area contributed by atoms with Gasteiger partial charge in [0, 0.05) is 5.57 Å². The van der Waals surface area contributed by atoms with E-state index in [9.17, 15) is 14.0 Å². The van der Waals surface area contributed by atoms with Gasteiger partial charge in [-0.3, -0.25) is 4.79 Å². The van der Waals surface area contributed by atoms with Gasteiger partial charge in [0.2, 0.25) is 0 Å². The van der Waals surface area contributed by atoms with Crippen molar-refractivity contribution in [3.05, 3.63) is 42.2 Å². The molecular weight excluding hydrogens is 255 g/mol. The summed E-state index contributed by atoms with van der Waals surface area (Å²) < 4.78 is 22.3. The Bertz CT molecular complexity index is 487. The fourth-order valence-corrected chi connectivity index (χ4v) is 1.28. The zero-order valence-corrected chi connectivity index (χ0v) is 10.6. The van der Waals surface area contributed by atoms with Gasteiger partial charge < -0.3 is 9.16 Å². The van der Waals surface area contributed by atoms with Crippen molar-refractivity contribution in [3.63, 3.8) is 0 Å². The molecule has 1 aromatic rings. The number of carbonyl (C=O) groups is 2. The third-order valence-electron chi connectivity index (χ3n) is 2.28. The van der Waals surface area contributed by atoms with E-state index in [0.717, 1.165) is 6.07 Å². The summed E-state index contributed by atoms with van der Waals surface area (Å²) in [5, 5.41) is 0. The third kappa shape index (κ3) is 3.27. The van der Waals surface area contributed by atoms with Gasteiger partial charge in [-0.05, 0) is 19.1 Å². The van der Waals surface area contributed by atoms with E-state index in [0.29, 0.717) is 0 Å². The van der Waals surface area contributed by atoms with Gasteiger partial charge in [0.15, 0.2) is 11.6 Å². The smallest absolute Gasteiger partial charge is 0.345 e. The largest absolute Gasteiger partial charge is 0.516 e. The van der Waals surface area contributed by atoms with E-state index in [1.165, 1.54) is 25.1 Å². The van der Waals surface area contributed by atoms with Crippen LogP contribution in [-0.2, 0) is 14.0 Å². The van der Waals surface area contributed by atoms with Gasteiger partial charge in [0.25, 0.3) is 5.97 Å². The van der Waals surface area contributed by atoms with Crippen molar-refractivity contribution in [2.24, 2.45) is 5.92 Å². The molecule has 0 aliphatic rings. The first-order valence-corrected chi connectivity index (χ1v) is 5.41. The molecule has 1 unspecified atom stereocenters. The summed E-state index contributed by atoms with van der Waals surface area (Å²) in [7, 11) is 2.56. The van der Waals surface area contributed by atoms with Crippen LogP contribution in [0.15, 0.2) is 36.4 Å². The standard InChI is InChI=1S/C12H10FO4Si/c1-7(8(2)12(15)17-18)11(14)16-10-6-4-3-5-9(10)13/h3-6,8H,1H2,2H3. The second kappa shape index (κ2) is 6.11. The molecule has 0 spiro atoms. The lowest BCUT2D eigenvalue weighted by molar-refractivity contribution is -0.140. The topological polar surface area (TPSA) is 52.6 Å². The molecule has 6 heteroatoms. The van der Waals surface area contributed by atoms with Crippen LogP contribution >= 0.6 is 0 Å². The summed E-state index contributed by atoms with van der Waals surface area (Å²) in [6.45, 7) is 4.85. The minimum absolute atomic E-state index is 0.124. The summed E-state index contributed by atoms with van der Waals surface area (Å²) in [6.07, 6.45) is 0. The van der Waals surface area contributed by atoms with Crippen molar-refractivity contribution in [1.82, 2.24) is 0 Å². The Labute approximate surface area is 107 Å². The molecule has 0 aliphatic carbocycles. The monoisotopic (exact) mass is 265 g/mol. The lowest BCUT2D eigenvalue weighted by Gasteiger charge is -2.12. The highest BCUT2D eigenvalue weighted by Gasteiger charge is 2.24. The summed E-state index contributed by atoms with van der Waals surface area (Å²) in [4.78, 5) is 22.8. The minimum atomic E-state index is -0.887. The summed E-state index contributed by atoms with van der Waals surface area (Å²) in [5.74, 6) is -3.36. The maximum Gasteiger partial charge on any atom is 0.345 e. The number of hydrogen-bond donors (Lipinski definition) is 0. The number of para-hydroxylation sites is 1. The van der Waals surface area contributed by atoms with E-state index >= 15 is 0 Å². The van der Waals surface area contributed by atoms with E-state index in [-0.39, 0.29) is 11.3 Å². The van der Waals surface area contributed by atoms with Crippen LogP contribution in [0.4, 0.5) is 4.39 Å². The molecule has 4 nitrogen and oxygen atoms in total. The fraction of sp³-hybridized carbons (Fsp3) is 0.167. The molecule has 1 rings (SSSR count). The summed E-state index contributed by atoms with van der Waals surface area (Å²) in [6, 6.07) is 5.44. The number of ether oxygens (including phenoxy) is 1. The molecular formula is C12H10FO4Si. The molecule has 0 aliphatic heterocycles. The Hall–Kier alpha value is -1.95. The van der Waals surface area contributed by atoms with E-state index < -0.39 is 23.7 Å². The van der Waals surface area contributed by atoms with Gasteiger partial charge in [0.1, 0.15) is 0 Å². The molecule has 0 aromatic heterocycles. The van der Waals surface area contributed by atoms with Crippen LogP contribution in [0.3, 0.4) is 0 Å². The zero-order chi connectivity index (χ0) is 13.7. The van der Waals surface area contributed by atoms with Crippen molar-refractivity contribution >= 4 is 22.4 Å². The van der Waals surface area contributed by atoms with Crippen LogP contribution in [0.25, 0.3) is 0 Å². The van der Waals surface area contributed by atoms with Crippen molar-refractivity contribution in [2.75, 3.05) is 0 Å². The first kappa shape index (κ1) is 14.1. The first-order chi connectivity index (χ1) is 8.47. The minimum Gasteiger partial charge on any atom is -0.516 e. The molecule has 0 saturated heterocycles. The Morgan fingerprint density at radius 3 is 2.56 bits per heavy atom. The molecule has 1 aromatic carbocycles. The fourth-order valence-electron chi connectivity index (χ4n) is 1.10. The maximum absolute atomic E-state index is 13.2. The van der Waals surface area contributed by atoms with Gasteiger partial charge in [-0.25, -0.2) is 9.18 Å². The predicted molar refractivity (Wildman–Crippen MR) is 62.2 cm³/mol. The quantitative estimate of drug-likeness (QED) is 0.359. The third-order valence-corrected chi connectivity index (χ3v) is 2.48. The molecule has 93 valence electrons. The number of benzene rings is 1. The predicted octanol–water partition coefficient (Wildman–Crippen LogP) is 1.55. The Balaban J connectivity index is 2.75. The van der Waals surface area contributed by atoms with E-state index in [1.54, 1.807) is 0 Å². The number of hydrogen-bond acceptors (Lipinski definition) is 4. The van der Waals surface area contributed by atoms with Crippen LogP contribution in [0, 0.1) is 11.7 Å². The molecule has 18 heavy (non-hydrogen) atoms. The van der Waals surface area contributed by atoms with Crippen LogP contribution in [-0.4, -0.2) is 22.4 Å². The molecule has 0 N–H and O–H groups in total. The molecule has 1 atom stereocenters. The SMILES string of the molecule is C=C(C(=O)Oc1ccccc1F)C(C)C(=O)O[Si]. The van der Waals surface area contributed by atoms with Gasteiger partial charge in [-0.1, -0.05) is 18.7 Å². The molecule has 0 fully saturated rings. The average molecular weight is 265 g/mol. The lowest BCUT2D eigenvalue weighted by Crippen LogP contribution is -2.23. The van der Waals surface area contributed by atoms with Gasteiger partial charge in [-0.2, -0.15) is 0 Å². The summed E-state index contributed by atoms with van der Waals surface area (Å²) >= 11 is 0. The highest BCUT2D eigenvalue weighted by molar-refractivity contribution is 6.07. The average Bonchev–Trinajstić information content (AvgIpc) is 2.38. The van der Waals surface area contributed by atoms with Crippen LogP contribution in [0.1, 0.15) is 6.92 Å². The number of rotatable bonds is 4. The maximum atomic E-state index is 13.2. The van der Waals surface area contributed by atoms with Gasteiger partial charge in [-0.15, -0.1) is 0 Å². The van der Waals surface area contributed by atoms with Crippen LogP contribution in [0.5, 0.6) is 5.75 Å². The normalized spacial score (nSPS) is 11.5. The van der Waals surface area contributed by atoms with Crippen molar-refractivity contribution in [3.8, 4) is 5.75 Å². The number of esters is 1. The van der Waals surface area contributed by atoms with E-state index in [1.807, 2.05) is 0 Å². The Morgan fingerprint density at radius 1 is 1.39 bits per heavy atom. The lowest BCUT2D eigenvalue weighted by atomic mass is 10.0. The Morgan fingerprint density at radius 2 is 2.00 bits per heavy atom. The van der Waals surface area contributed by atoms with Crippen LogP contribution in [0.2, 0.25) is 0 Å². The van der Waals surface area contributed by atoms with Crippen molar-refractivity contribution in [2.45, 2.75) is 6.92 Å². The van der Waals surface area contributed by atoms with E-state index in [4.69, 9.17) is 4.74 Å². The molecule has 0 bridgehead atoms. The molecule has 3 radical (unpaired) electrons. The second-order valence-electron chi connectivity index (χ2n) is 3.49. The zero-order valence-electron chi connectivity index (χ0n) is 9.60. The van der Waals surface area contributed by atoms with E-state index in [2.05, 4.69) is 21.5 Å². The molecule has 0 saturated carbocycles. The molecule has 0 heterocycles. The molecule has 0 amide bonds. The summed E-state index contributed by atoms with van der Waals surface area (Å²) in [5.41, 5.74) is -0.124. The number of carbonyl (C=O) groups excluding carboxylic acids is 2. The second-order valence-corrected chi connectivity index (χ2v) is 3.69. The van der Waals surface area contributed by atoms with Gasteiger partial charge >= 0.3 is 16.5 Å². The first-order valence-electron chi connectivity index (χ1n) is 5.00. The highest BCUT2D eigenvalue weighted by atomic mass is 28.2. The Kier molecular flexibility index (Phi) is 4.79. The van der Waals surface area contributed by atoms with Crippen LogP contribution < -0.4 is 4.74 Å².